The van der Waals surface area contributed by atoms with Crippen LogP contribution in [0.3, 0.4) is 0 Å². The maximum absolute atomic E-state index is 3.94. The monoisotopic (exact) mass is 173 g/mol. The quantitative estimate of drug-likeness (QED) is 0.487. The molecule has 1 N–H and O–H groups in total. The van der Waals surface area contributed by atoms with Crippen molar-refractivity contribution in [1.82, 2.24) is 15.4 Å². The number of rotatable bonds is 0. The van der Waals surface area contributed by atoms with Crippen LogP contribution in [0.1, 0.15) is 6.99 Å². The average molecular weight is 173 g/mol. The van der Waals surface area contributed by atoms with E-state index in [2.05, 4.69) is 15.4 Å². The first-order valence-electron chi connectivity index (χ1n) is 3.13. The van der Waals surface area contributed by atoms with E-state index < -0.39 is 0 Å². The van der Waals surface area contributed by atoms with E-state index in [9.17, 15) is 0 Å². The summed E-state index contributed by atoms with van der Waals surface area (Å²) in [7, 11) is 0. The fraction of sp³-hybridized carbons (Fsp3) is 0.143. The van der Waals surface area contributed by atoms with Crippen molar-refractivity contribution in [3.05, 3.63) is 23.8 Å². The van der Waals surface area contributed by atoms with Gasteiger partial charge in [-0.2, -0.15) is 15.4 Å². The first kappa shape index (κ1) is 9.35. The molecule has 11 heavy (non-hydrogen) atoms. The average Bonchev–Trinajstić information content (AvgIpc) is 2.33. The molecule has 3 nitrogen and oxygen atoms in total. The largest absolute Gasteiger partial charge is 1.00 e. The normalized spacial score (nSPS) is 9.55. The zero-order valence-electron chi connectivity index (χ0n) is 7.63. The number of aromatic amines is 1. The summed E-state index contributed by atoms with van der Waals surface area (Å²) in [4.78, 5) is 0. The summed E-state index contributed by atoms with van der Waals surface area (Å²) >= 11 is 0. The summed E-state index contributed by atoms with van der Waals surface area (Å²) in [6.45, 7) is 2.04. The van der Waals surface area contributed by atoms with Crippen molar-refractivity contribution < 1.29 is 52.8 Å². The number of hydrogen-bond acceptors (Lipinski definition) is 2. The maximum Gasteiger partial charge on any atom is 1.00 e. The first-order valence-corrected chi connectivity index (χ1v) is 3.13. The molecule has 0 aliphatic heterocycles. The number of H-pyrrole nitrogens is 1. The van der Waals surface area contributed by atoms with Crippen LogP contribution in [0, 0.1) is 6.92 Å². The molecule has 0 spiro atoms. The second-order valence-corrected chi connectivity index (χ2v) is 2.32. The van der Waals surface area contributed by atoms with Gasteiger partial charge in [-0.05, 0) is 24.6 Å². The Morgan fingerprint density at radius 3 is 2.82 bits per heavy atom. The Hall–Kier alpha value is 0.256. The molecule has 0 saturated carbocycles. The fourth-order valence-electron chi connectivity index (χ4n) is 0.950. The van der Waals surface area contributed by atoms with Gasteiger partial charge in [-0.1, -0.05) is 6.07 Å². The Balaban J connectivity index is 0.000000605. The molecule has 0 aliphatic carbocycles. The van der Waals surface area contributed by atoms with Crippen molar-refractivity contribution in [2.45, 2.75) is 6.92 Å². The molecule has 52 valence electrons. The van der Waals surface area contributed by atoms with Crippen LogP contribution in [0.5, 0.6) is 0 Å². The molecule has 0 radical (unpaired) electrons. The van der Waals surface area contributed by atoms with Gasteiger partial charge in [0.05, 0.1) is 0 Å². The number of hydrogen-bond donors (Lipinski definition) is 1. The second-order valence-electron chi connectivity index (χ2n) is 2.32. The van der Waals surface area contributed by atoms with Crippen molar-refractivity contribution in [3.8, 4) is 0 Å². The van der Waals surface area contributed by atoms with E-state index >= 15 is 0 Å². The second kappa shape index (κ2) is 3.78. The molecule has 0 bridgehead atoms. The molecule has 0 fully saturated rings. The third-order valence-electron chi connectivity index (χ3n) is 1.47. The topological polar surface area (TPSA) is 41.6 Å². The third-order valence-corrected chi connectivity index (χ3v) is 1.47. The van der Waals surface area contributed by atoms with Gasteiger partial charge < -0.3 is 1.43 Å². The summed E-state index contributed by atoms with van der Waals surface area (Å²) in [5, 5.41) is 10.4. The number of nitrogens with zero attached hydrogens (tertiary/aromatic N) is 2. The van der Waals surface area contributed by atoms with E-state index in [0.717, 1.165) is 11.0 Å². The molecule has 0 unspecified atom stereocenters. The summed E-state index contributed by atoms with van der Waals surface area (Å²) < 4.78 is 0. The Morgan fingerprint density at radius 2 is 2.00 bits per heavy atom. The van der Waals surface area contributed by atoms with Gasteiger partial charge in [0.1, 0.15) is 11.0 Å². The van der Waals surface area contributed by atoms with Crippen LogP contribution in [0.4, 0.5) is 0 Å². The van der Waals surface area contributed by atoms with Crippen LogP contribution in [0.15, 0.2) is 18.2 Å². The van der Waals surface area contributed by atoms with Crippen LogP contribution >= 0.6 is 0 Å². The van der Waals surface area contributed by atoms with Gasteiger partial charge in [-0.15, -0.1) is 0 Å². The predicted molar refractivity (Wildman–Crippen MR) is 39.7 cm³/mol. The van der Waals surface area contributed by atoms with Gasteiger partial charge >= 0.3 is 51.4 Å². The number of nitrogens with one attached hydrogen (secondary N) is 1. The van der Waals surface area contributed by atoms with Crippen molar-refractivity contribution in [1.29, 1.82) is 0 Å². The maximum atomic E-state index is 3.94. The minimum Gasteiger partial charge on any atom is -1.00 e. The van der Waals surface area contributed by atoms with Gasteiger partial charge in [0.2, 0.25) is 0 Å². The Bertz CT molecular complexity index is 360. The van der Waals surface area contributed by atoms with E-state index in [1.165, 1.54) is 5.56 Å². The van der Waals surface area contributed by atoms with Gasteiger partial charge in [-0.3, -0.25) is 0 Å². The fourth-order valence-corrected chi connectivity index (χ4v) is 0.950. The number of aryl methyl sites for hydroxylation is 1. The zero-order valence-corrected chi connectivity index (χ0v) is 9.75. The van der Waals surface area contributed by atoms with Crippen molar-refractivity contribution in [3.63, 3.8) is 0 Å². The molecule has 4 heteroatoms. The van der Waals surface area contributed by atoms with Gasteiger partial charge in [-0.25, -0.2) is 0 Å². The van der Waals surface area contributed by atoms with Crippen LogP contribution in [0.2, 0.25) is 0 Å². The van der Waals surface area contributed by atoms with Crippen molar-refractivity contribution in [2.24, 2.45) is 0 Å². The third kappa shape index (κ3) is 1.89. The van der Waals surface area contributed by atoms with E-state index in [4.69, 9.17) is 0 Å². The van der Waals surface area contributed by atoms with Crippen LogP contribution in [-0.4, -0.2) is 15.4 Å². The number of fused-ring (bicyclic) bond motifs is 1. The van der Waals surface area contributed by atoms with Gasteiger partial charge in [0, 0.05) is 0 Å². The molecule has 2 aromatic rings. The molecule has 2 rings (SSSR count). The van der Waals surface area contributed by atoms with E-state index in [0.29, 0.717) is 0 Å². The van der Waals surface area contributed by atoms with E-state index in [-0.39, 0.29) is 52.8 Å². The number of aromatic nitrogens is 3. The van der Waals surface area contributed by atoms with E-state index in [1.807, 2.05) is 25.1 Å². The Kier molecular flexibility index (Phi) is 3.21. The molecule has 0 saturated heterocycles. The molecule has 1 aromatic heterocycles. The smallest absolute Gasteiger partial charge is 1.00 e. The number of benzene rings is 1. The Morgan fingerprint density at radius 1 is 1.27 bits per heavy atom. The predicted octanol–water partition coefficient (Wildman–Crippen LogP) is -1.62. The summed E-state index contributed by atoms with van der Waals surface area (Å²) in [6.07, 6.45) is 0. The first-order chi connectivity index (χ1) is 4.86. The summed E-state index contributed by atoms with van der Waals surface area (Å²) in [5.74, 6) is 0. The van der Waals surface area contributed by atoms with Gasteiger partial charge in [0.25, 0.3) is 0 Å². The molecule has 0 atom stereocenters. The van der Waals surface area contributed by atoms with Crippen molar-refractivity contribution in [2.75, 3.05) is 0 Å². The van der Waals surface area contributed by atoms with Crippen LogP contribution < -0.4 is 51.4 Å². The van der Waals surface area contributed by atoms with Crippen LogP contribution in [-0.2, 0) is 0 Å². The molecular formula is C7H8KN3. The SMILES string of the molecule is Cc1ccc2n[nH]nc2c1.[H-].[K+]. The summed E-state index contributed by atoms with van der Waals surface area (Å²) in [6, 6.07) is 5.97. The standard InChI is InChI=1S/C7H7N3.K.H/c1-5-2-3-6-7(4-5)9-10-8-6;;/h2-4H,1H3,(H,8,9,10);;/q;+1;-1. The zero-order chi connectivity index (χ0) is 6.97. The molecule has 0 aliphatic rings. The minimum absolute atomic E-state index is 0. The molecule has 1 aromatic carbocycles. The molecular weight excluding hydrogens is 165 g/mol. The van der Waals surface area contributed by atoms with Gasteiger partial charge in [0.15, 0.2) is 0 Å². The van der Waals surface area contributed by atoms with Crippen molar-refractivity contribution >= 4 is 11.0 Å². The summed E-state index contributed by atoms with van der Waals surface area (Å²) in [5.41, 5.74) is 3.06. The van der Waals surface area contributed by atoms with E-state index in [1.54, 1.807) is 0 Å². The minimum atomic E-state index is 0. The van der Waals surface area contributed by atoms with Crippen LogP contribution in [0.25, 0.3) is 11.0 Å². The molecule has 1 heterocycles. The molecule has 0 amide bonds. The Labute approximate surface area is 108 Å².